The number of carbonyl (C=O) groups is 2. The van der Waals surface area contributed by atoms with Gasteiger partial charge in [0, 0.05) is 0 Å². The van der Waals surface area contributed by atoms with E-state index in [4.69, 9.17) is 10.2 Å². The van der Waals surface area contributed by atoms with Crippen LogP contribution in [-0.2, 0) is 0 Å². The fraction of sp³-hybridized carbons (Fsp3) is 0. The van der Waals surface area contributed by atoms with E-state index in [0.29, 0.717) is 5.52 Å². The van der Waals surface area contributed by atoms with Gasteiger partial charge in [-0.1, -0.05) is 0 Å². The molecule has 2 aromatic heterocycles. The highest BCUT2D eigenvalue weighted by atomic mass is 16.4. The molecule has 7 nitrogen and oxygen atoms in total. The Bertz CT molecular complexity index is 560. The molecule has 7 heteroatoms. The van der Waals surface area contributed by atoms with Crippen LogP contribution in [0, 0.1) is 0 Å². The molecule has 15 heavy (non-hydrogen) atoms. The van der Waals surface area contributed by atoms with E-state index in [0.717, 1.165) is 0 Å². The number of aromatic nitrogens is 3. The summed E-state index contributed by atoms with van der Waals surface area (Å²) in [7, 11) is 0. The molecule has 2 heterocycles. The molecule has 0 bridgehead atoms. The third-order valence-corrected chi connectivity index (χ3v) is 1.83. The lowest BCUT2D eigenvalue weighted by molar-refractivity contribution is 0.0687. The fourth-order valence-corrected chi connectivity index (χ4v) is 1.20. The molecule has 0 saturated carbocycles. The Hall–Kier alpha value is -2.44. The predicted molar refractivity (Wildman–Crippen MR) is 47.8 cm³/mol. The van der Waals surface area contributed by atoms with Gasteiger partial charge in [0.1, 0.15) is 5.52 Å². The number of fused-ring (bicyclic) bond motifs is 1. The molecule has 0 aliphatic carbocycles. The molecule has 0 radical (unpaired) electrons. The summed E-state index contributed by atoms with van der Waals surface area (Å²) in [5.74, 6) is -2.59. The predicted octanol–water partition coefficient (Wildman–Crippen LogP) is 0.354. The van der Waals surface area contributed by atoms with Crippen molar-refractivity contribution in [2.45, 2.75) is 0 Å². The van der Waals surface area contributed by atoms with Gasteiger partial charge in [-0.15, -0.1) is 0 Å². The average molecular weight is 207 g/mol. The summed E-state index contributed by atoms with van der Waals surface area (Å²) >= 11 is 0. The number of hydrogen-bond acceptors (Lipinski definition) is 4. The van der Waals surface area contributed by atoms with Crippen LogP contribution in [0.4, 0.5) is 0 Å². The highest BCUT2D eigenvalue weighted by Crippen LogP contribution is 2.14. The Morgan fingerprint density at radius 3 is 2.60 bits per heavy atom. The zero-order valence-corrected chi connectivity index (χ0v) is 7.26. The standard InChI is InChI=1S/C8H5N3O4/c12-7(13)4-1-3-5(10-2-9-3)6(11-4)8(14)15/h1-2H,(H,9,10)(H,12,13)(H,14,15). The molecule has 0 fully saturated rings. The van der Waals surface area contributed by atoms with Crippen LogP contribution in [0.3, 0.4) is 0 Å². The van der Waals surface area contributed by atoms with E-state index in [-0.39, 0.29) is 16.9 Å². The SMILES string of the molecule is O=C(O)c1cc2[nH]cnc2c(C(=O)O)n1. The van der Waals surface area contributed by atoms with E-state index in [1.165, 1.54) is 12.4 Å². The maximum absolute atomic E-state index is 10.8. The number of carboxylic acid groups (broad SMARTS) is 2. The third-order valence-electron chi connectivity index (χ3n) is 1.83. The van der Waals surface area contributed by atoms with Crippen molar-refractivity contribution in [2.24, 2.45) is 0 Å². The number of carboxylic acids is 2. The number of hydrogen-bond donors (Lipinski definition) is 3. The van der Waals surface area contributed by atoms with E-state index in [9.17, 15) is 9.59 Å². The van der Waals surface area contributed by atoms with Crippen molar-refractivity contribution >= 4 is 23.0 Å². The zero-order chi connectivity index (χ0) is 11.0. The molecule has 76 valence electrons. The van der Waals surface area contributed by atoms with Crippen molar-refractivity contribution in [3.8, 4) is 0 Å². The number of aromatic amines is 1. The largest absolute Gasteiger partial charge is 0.477 e. The number of imidazole rings is 1. The van der Waals surface area contributed by atoms with Crippen molar-refractivity contribution in [1.82, 2.24) is 15.0 Å². The first-order valence-corrected chi connectivity index (χ1v) is 3.90. The maximum Gasteiger partial charge on any atom is 0.356 e. The second-order valence-electron chi connectivity index (χ2n) is 2.77. The molecule has 0 atom stereocenters. The summed E-state index contributed by atoms with van der Waals surface area (Å²) < 4.78 is 0. The first-order chi connectivity index (χ1) is 7.09. The first-order valence-electron chi connectivity index (χ1n) is 3.90. The average Bonchev–Trinajstić information content (AvgIpc) is 2.62. The van der Waals surface area contributed by atoms with Crippen molar-refractivity contribution in [1.29, 1.82) is 0 Å². The highest BCUT2D eigenvalue weighted by Gasteiger charge is 2.17. The fourth-order valence-electron chi connectivity index (χ4n) is 1.20. The van der Waals surface area contributed by atoms with Crippen LogP contribution in [0.1, 0.15) is 21.0 Å². The van der Waals surface area contributed by atoms with Crippen LogP contribution in [0.25, 0.3) is 11.0 Å². The topological polar surface area (TPSA) is 116 Å². The maximum atomic E-state index is 10.8. The van der Waals surface area contributed by atoms with Gasteiger partial charge in [-0.3, -0.25) is 0 Å². The van der Waals surface area contributed by atoms with Crippen molar-refractivity contribution < 1.29 is 19.8 Å². The summed E-state index contributed by atoms with van der Waals surface area (Å²) in [6.07, 6.45) is 1.28. The van der Waals surface area contributed by atoms with Crippen LogP contribution in [0.5, 0.6) is 0 Å². The Morgan fingerprint density at radius 2 is 2.00 bits per heavy atom. The Kier molecular flexibility index (Phi) is 1.86. The third kappa shape index (κ3) is 1.39. The molecule has 0 unspecified atom stereocenters. The number of nitrogens with one attached hydrogen (secondary N) is 1. The van der Waals surface area contributed by atoms with Gasteiger partial charge < -0.3 is 15.2 Å². The van der Waals surface area contributed by atoms with Crippen LogP contribution < -0.4 is 0 Å². The van der Waals surface area contributed by atoms with Gasteiger partial charge in [0.25, 0.3) is 0 Å². The molecule has 0 aliphatic heterocycles. The van der Waals surface area contributed by atoms with E-state index in [2.05, 4.69) is 15.0 Å². The van der Waals surface area contributed by atoms with E-state index in [1.54, 1.807) is 0 Å². The molecule has 2 aromatic rings. The molecule has 0 spiro atoms. The summed E-state index contributed by atoms with van der Waals surface area (Å²) in [5, 5.41) is 17.5. The Morgan fingerprint density at radius 1 is 1.27 bits per heavy atom. The van der Waals surface area contributed by atoms with E-state index >= 15 is 0 Å². The van der Waals surface area contributed by atoms with Gasteiger partial charge in [-0.25, -0.2) is 19.6 Å². The lowest BCUT2D eigenvalue weighted by Gasteiger charge is -1.98. The summed E-state index contributed by atoms with van der Waals surface area (Å²) in [6.45, 7) is 0. The first kappa shape index (κ1) is 9.13. The Labute approximate surface area is 82.4 Å². The lowest BCUT2D eigenvalue weighted by Crippen LogP contribution is -2.08. The summed E-state index contributed by atoms with van der Waals surface area (Å²) in [6, 6.07) is 1.23. The van der Waals surface area contributed by atoms with Crippen LogP contribution in [0.15, 0.2) is 12.4 Å². The molecular formula is C8H5N3O4. The molecule has 0 aliphatic rings. The monoisotopic (exact) mass is 207 g/mol. The second kappa shape index (κ2) is 3.05. The molecule has 3 N–H and O–H groups in total. The van der Waals surface area contributed by atoms with Gasteiger partial charge in [-0.2, -0.15) is 0 Å². The van der Waals surface area contributed by atoms with E-state index in [1.807, 2.05) is 0 Å². The molecule has 0 amide bonds. The van der Waals surface area contributed by atoms with Gasteiger partial charge in [0.2, 0.25) is 0 Å². The second-order valence-corrected chi connectivity index (χ2v) is 2.77. The minimum absolute atomic E-state index is 0.146. The number of rotatable bonds is 2. The molecular weight excluding hydrogens is 202 g/mol. The minimum atomic E-state index is -1.31. The van der Waals surface area contributed by atoms with Gasteiger partial charge >= 0.3 is 11.9 Å². The zero-order valence-electron chi connectivity index (χ0n) is 7.26. The molecule has 0 aromatic carbocycles. The van der Waals surface area contributed by atoms with Crippen LogP contribution in [0.2, 0.25) is 0 Å². The molecule has 0 saturated heterocycles. The normalized spacial score (nSPS) is 10.4. The highest BCUT2D eigenvalue weighted by molar-refractivity contribution is 6.01. The molecule has 2 rings (SSSR count). The smallest absolute Gasteiger partial charge is 0.356 e. The summed E-state index contributed by atoms with van der Waals surface area (Å²) in [4.78, 5) is 31.3. The number of aromatic carboxylic acids is 2. The van der Waals surface area contributed by atoms with E-state index < -0.39 is 11.9 Å². The number of nitrogens with zero attached hydrogens (tertiary/aromatic N) is 2. The van der Waals surface area contributed by atoms with Gasteiger partial charge in [-0.05, 0) is 6.07 Å². The summed E-state index contributed by atoms with van der Waals surface area (Å²) in [5.41, 5.74) is -0.220. The minimum Gasteiger partial charge on any atom is -0.477 e. The van der Waals surface area contributed by atoms with Gasteiger partial charge in [0.15, 0.2) is 11.4 Å². The quantitative estimate of drug-likeness (QED) is 0.654. The number of H-pyrrole nitrogens is 1. The number of pyridine rings is 1. The van der Waals surface area contributed by atoms with Crippen LogP contribution in [-0.4, -0.2) is 37.1 Å². The lowest BCUT2D eigenvalue weighted by atomic mass is 10.2. The van der Waals surface area contributed by atoms with Crippen molar-refractivity contribution in [3.05, 3.63) is 23.8 Å². The Balaban J connectivity index is 2.80. The van der Waals surface area contributed by atoms with Crippen molar-refractivity contribution in [2.75, 3.05) is 0 Å². The van der Waals surface area contributed by atoms with Gasteiger partial charge in [0.05, 0.1) is 11.8 Å². The van der Waals surface area contributed by atoms with Crippen LogP contribution >= 0.6 is 0 Å². The van der Waals surface area contributed by atoms with Crippen molar-refractivity contribution in [3.63, 3.8) is 0 Å².